The molecule has 0 bridgehead atoms. The first-order valence-electron chi connectivity index (χ1n) is 13.4. The molecular formula is C30H33N5O6. The lowest BCUT2D eigenvalue weighted by atomic mass is 9.97. The fourth-order valence-corrected chi connectivity index (χ4v) is 5.28. The SMILES string of the molecule is CCOc1cc2c(cc1OC)-c1c/c(=N\c3c(C)cc(C)cc3C)n(CCNC(=O)c3cc(O)no3)c(=O)n1CC2. The molecule has 1 aliphatic heterocycles. The van der Waals surface area contributed by atoms with E-state index in [1.807, 2.05) is 45.9 Å². The van der Waals surface area contributed by atoms with Crippen LogP contribution in [-0.2, 0) is 19.5 Å². The summed E-state index contributed by atoms with van der Waals surface area (Å²) >= 11 is 0. The molecular weight excluding hydrogens is 526 g/mol. The third kappa shape index (κ3) is 5.47. The van der Waals surface area contributed by atoms with E-state index in [-0.39, 0.29) is 30.4 Å². The van der Waals surface area contributed by atoms with Gasteiger partial charge in [-0.2, -0.15) is 0 Å². The molecule has 2 aromatic carbocycles. The third-order valence-corrected chi connectivity index (χ3v) is 7.07. The van der Waals surface area contributed by atoms with Gasteiger partial charge in [0.2, 0.25) is 5.76 Å². The van der Waals surface area contributed by atoms with Crippen LogP contribution in [-0.4, -0.2) is 45.6 Å². The maximum absolute atomic E-state index is 14.0. The van der Waals surface area contributed by atoms with E-state index in [0.29, 0.717) is 36.6 Å². The van der Waals surface area contributed by atoms with E-state index < -0.39 is 5.91 Å². The summed E-state index contributed by atoms with van der Waals surface area (Å²) < 4.78 is 19.5. The second-order valence-electron chi connectivity index (χ2n) is 9.98. The van der Waals surface area contributed by atoms with E-state index in [4.69, 9.17) is 19.0 Å². The third-order valence-electron chi connectivity index (χ3n) is 7.07. The van der Waals surface area contributed by atoms with Gasteiger partial charge in [-0.25, -0.2) is 9.79 Å². The Labute approximate surface area is 236 Å². The molecule has 0 saturated carbocycles. The van der Waals surface area contributed by atoms with Gasteiger partial charge in [0, 0.05) is 31.3 Å². The summed E-state index contributed by atoms with van der Waals surface area (Å²) in [5.41, 5.74) is 6.80. The molecule has 0 aliphatic carbocycles. The molecule has 2 N–H and O–H groups in total. The number of hydrogen-bond donors (Lipinski definition) is 2. The molecule has 11 nitrogen and oxygen atoms in total. The lowest BCUT2D eigenvalue weighted by Crippen LogP contribution is -2.44. The summed E-state index contributed by atoms with van der Waals surface area (Å²) in [5, 5.41) is 15.4. The standard InChI is InChI=1S/C30H33N5O6/c1-6-40-24-13-20-7-9-34-22(21(20)14-23(24)39-5)15-26(32-28-18(3)11-17(2)12-19(28)4)35(30(34)38)10-8-31-29(37)25-16-27(36)33-41-25/h11-16H,6-10H2,1-5H3,(H,31,37)(H,33,36)/b32-26+. The Morgan fingerprint density at radius 3 is 2.54 bits per heavy atom. The Kier molecular flexibility index (Phi) is 7.69. The highest BCUT2D eigenvalue weighted by Gasteiger charge is 2.23. The van der Waals surface area contributed by atoms with Gasteiger partial charge in [-0.15, -0.1) is 0 Å². The average molecular weight is 560 g/mol. The molecule has 0 atom stereocenters. The maximum atomic E-state index is 14.0. The smallest absolute Gasteiger partial charge is 0.330 e. The predicted molar refractivity (Wildman–Crippen MR) is 152 cm³/mol. The number of amides is 1. The first-order valence-corrected chi connectivity index (χ1v) is 13.4. The van der Waals surface area contributed by atoms with Crippen LogP contribution in [0.25, 0.3) is 11.3 Å². The Balaban J connectivity index is 1.63. The van der Waals surface area contributed by atoms with Crippen LogP contribution in [0, 0.1) is 20.8 Å². The van der Waals surface area contributed by atoms with E-state index >= 15 is 0 Å². The van der Waals surface area contributed by atoms with Crippen molar-refractivity contribution in [2.45, 2.75) is 47.2 Å². The molecule has 0 unspecified atom stereocenters. The van der Waals surface area contributed by atoms with Crippen molar-refractivity contribution in [2.24, 2.45) is 4.99 Å². The molecule has 5 rings (SSSR count). The number of nitrogens with one attached hydrogen (secondary N) is 1. The Morgan fingerprint density at radius 2 is 1.88 bits per heavy atom. The molecule has 0 spiro atoms. The van der Waals surface area contributed by atoms with Gasteiger partial charge in [-0.05, 0) is 68.1 Å². The number of methoxy groups -OCH3 is 1. The number of aromatic nitrogens is 3. The fourth-order valence-electron chi connectivity index (χ4n) is 5.28. The van der Waals surface area contributed by atoms with Crippen molar-refractivity contribution in [2.75, 3.05) is 20.3 Å². The zero-order chi connectivity index (χ0) is 29.3. The first-order chi connectivity index (χ1) is 19.7. The lowest BCUT2D eigenvalue weighted by molar-refractivity contribution is 0.0914. The van der Waals surface area contributed by atoms with Crippen LogP contribution < -0.4 is 26.0 Å². The highest BCUT2D eigenvalue weighted by atomic mass is 16.5. The van der Waals surface area contributed by atoms with Gasteiger partial charge in [-0.3, -0.25) is 13.9 Å². The normalized spacial score (nSPS) is 12.6. The average Bonchev–Trinajstić information content (AvgIpc) is 3.38. The number of ether oxygens (including phenoxy) is 2. The number of aryl methyl sites for hydroxylation is 4. The fraction of sp³-hybridized carbons (Fsp3) is 0.333. The summed E-state index contributed by atoms with van der Waals surface area (Å²) in [7, 11) is 1.59. The first kappa shape index (κ1) is 27.8. The van der Waals surface area contributed by atoms with E-state index in [1.54, 1.807) is 16.2 Å². The number of carbonyl (C=O) groups excluding carboxylic acids is 1. The van der Waals surface area contributed by atoms with Crippen molar-refractivity contribution in [1.82, 2.24) is 19.6 Å². The lowest BCUT2D eigenvalue weighted by Gasteiger charge is -2.25. The second-order valence-corrected chi connectivity index (χ2v) is 9.98. The van der Waals surface area contributed by atoms with Crippen molar-refractivity contribution in [1.29, 1.82) is 0 Å². The molecule has 2 aromatic heterocycles. The van der Waals surface area contributed by atoms with Crippen LogP contribution in [0.1, 0.15) is 39.7 Å². The van der Waals surface area contributed by atoms with Crippen LogP contribution in [0.3, 0.4) is 0 Å². The molecule has 1 aliphatic rings. The number of carbonyl (C=O) groups is 1. The quantitative estimate of drug-likeness (QED) is 0.337. The van der Waals surface area contributed by atoms with E-state index in [0.717, 1.165) is 45.3 Å². The van der Waals surface area contributed by atoms with Crippen LogP contribution >= 0.6 is 0 Å². The minimum atomic E-state index is -0.550. The topological polar surface area (TPSA) is 133 Å². The van der Waals surface area contributed by atoms with Gasteiger partial charge in [0.25, 0.3) is 11.8 Å². The number of rotatable bonds is 8. The summed E-state index contributed by atoms with van der Waals surface area (Å²) in [4.78, 5) is 31.4. The monoisotopic (exact) mass is 559 g/mol. The van der Waals surface area contributed by atoms with Crippen molar-refractivity contribution in [3.8, 4) is 28.6 Å². The number of fused-ring (bicyclic) bond motifs is 3. The van der Waals surface area contributed by atoms with Crippen molar-refractivity contribution in [3.63, 3.8) is 0 Å². The van der Waals surface area contributed by atoms with Crippen LogP contribution in [0.5, 0.6) is 17.4 Å². The number of benzene rings is 2. The molecule has 0 fully saturated rings. The summed E-state index contributed by atoms with van der Waals surface area (Å²) in [6.07, 6.45) is 0.644. The van der Waals surface area contributed by atoms with Gasteiger partial charge in [-0.1, -0.05) is 17.7 Å². The van der Waals surface area contributed by atoms with Crippen molar-refractivity contribution in [3.05, 3.63) is 80.4 Å². The largest absolute Gasteiger partial charge is 0.493 e. The van der Waals surface area contributed by atoms with Gasteiger partial charge < -0.3 is 24.4 Å². The summed E-state index contributed by atoms with van der Waals surface area (Å²) in [5.74, 6) is 0.205. The van der Waals surface area contributed by atoms with Crippen LogP contribution in [0.4, 0.5) is 5.69 Å². The summed E-state index contributed by atoms with van der Waals surface area (Å²) in [6, 6.07) is 11.0. The van der Waals surface area contributed by atoms with Gasteiger partial charge in [0.1, 0.15) is 5.49 Å². The molecule has 4 aromatic rings. The maximum Gasteiger partial charge on any atom is 0.330 e. The molecule has 3 heterocycles. The van der Waals surface area contributed by atoms with E-state index in [1.165, 1.54) is 0 Å². The zero-order valence-electron chi connectivity index (χ0n) is 23.8. The number of nitrogens with zero attached hydrogens (tertiary/aromatic N) is 4. The highest BCUT2D eigenvalue weighted by molar-refractivity contribution is 5.91. The van der Waals surface area contributed by atoms with Crippen molar-refractivity contribution < 1.29 is 23.9 Å². The molecule has 41 heavy (non-hydrogen) atoms. The minimum Gasteiger partial charge on any atom is -0.493 e. The molecule has 1 amide bonds. The Hall–Kier alpha value is -4.80. The highest BCUT2D eigenvalue weighted by Crippen LogP contribution is 2.37. The number of aromatic hydroxyl groups is 1. The second kappa shape index (κ2) is 11.4. The number of hydrogen-bond acceptors (Lipinski definition) is 8. The van der Waals surface area contributed by atoms with Crippen LogP contribution in [0.15, 0.2) is 50.7 Å². The summed E-state index contributed by atoms with van der Waals surface area (Å²) in [6.45, 7) is 9.22. The molecule has 214 valence electrons. The van der Waals surface area contributed by atoms with Gasteiger partial charge in [0.05, 0.1) is 31.2 Å². The van der Waals surface area contributed by atoms with Gasteiger partial charge in [0.15, 0.2) is 11.5 Å². The Morgan fingerprint density at radius 1 is 1.12 bits per heavy atom. The Bertz CT molecular complexity index is 1740. The zero-order valence-corrected chi connectivity index (χ0v) is 23.8. The van der Waals surface area contributed by atoms with E-state index in [9.17, 15) is 14.7 Å². The van der Waals surface area contributed by atoms with Crippen molar-refractivity contribution >= 4 is 11.6 Å². The van der Waals surface area contributed by atoms with Gasteiger partial charge >= 0.3 is 5.69 Å². The van der Waals surface area contributed by atoms with E-state index in [2.05, 4.69) is 22.6 Å². The predicted octanol–water partition coefficient (Wildman–Crippen LogP) is 3.56. The van der Waals surface area contributed by atoms with Crippen LogP contribution in [0.2, 0.25) is 0 Å². The minimum absolute atomic E-state index is 0.121. The molecule has 0 saturated heterocycles. The molecule has 0 radical (unpaired) electrons. The molecule has 11 heteroatoms.